The fraction of sp³-hybridized carbons (Fsp3) is 0.556. The number of nitrogens with zero attached hydrogens (tertiary/aromatic N) is 4. The third kappa shape index (κ3) is 4.20. The number of halogens is 1. The van der Waals surface area contributed by atoms with Gasteiger partial charge in [-0.3, -0.25) is 4.99 Å². The van der Waals surface area contributed by atoms with Gasteiger partial charge >= 0.3 is 0 Å². The molecule has 6 heteroatoms. The number of rotatable bonds is 3. The number of aryl methyl sites for hydroxylation is 1. The number of aromatic nitrogens is 2. The van der Waals surface area contributed by atoms with Crippen LogP contribution in [0, 0.1) is 12.8 Å². The third-order valence-corrected chi connectivity index (χ3v) is 4.76. The number of hydrogen-bond acceptors (Lipinski definition) is 2. The summed E-state index contributed by atoms with van der Waals surface area (Å²) in [5, 5.41) is 3.51. The Kier molecular flexibility index (Phi) is 6.89. The molecule has 2 heterocycles. The lowest BCUT2D eigenvalue weighted by Gasteiger charge is -2.33. The first kappa shape index (κ1) is 19.0. The topological polar surface area (TPSA) is 45.5 Å². The Hall–Kier alpha value is -1.31. The molecule has 1 saturated heterocycles. The highest BCUT2D eigenvalue weighted by Crippen LogP contribution is 2.16. The van der Waals surface area contributed by atoms with Crippen LogP contribution in [0.1, 0.15) is 25.6 Å². The number of imidazole rings is 1. The Morgan fingerprint density at radius 2 is 2.00 bits per heavy atom. The van der Waals surface area contributed by atoms with Crippen molar-refractivity contribution in [2.45, 2.75) is 33.2 Å². The highest BCUT2D eigenvalue weighted by atomic mass is 127. The lowest BCUT2D eigenvalue weighted by atomic mass is 10.00. The number of aliphatic imine (C=N–C) groups is 1. The fourth-order valence-corrected chi connectivity index (χ4v) is 3.31. The van der Waals surface area contributed by atoms with Crippen LogP contribution in [0.15, 0.2) is 29.3 Å². The summed E-state index contributed by atoms with van der Waals surface area (Å²) >= 11 is 0. The number of benzene rings is 1. The molecule has 1 N–H and O–H groups in total. The van der Waals surface area contributed by atoms with Crippen molar-refractivity contribution in [1.29, 1.82) is 0 Å². The van der Waals surface area contributed by atoms with Crippen LogP contribution < -0.4 is 5.32 Å². The summed E-state index contributed by atoms with van der Waals surface area (Å²) < 4.78 is 2.27. The molecule has 0 bridgehead atoms. The zero-order valence-corrected chi connectivity index (χ0v) is 17.2. The largest absolute Gasteiger partial charge is 0.354 e. The standard InChI is InChI=1S/C18H27N5.HI/c1-14-8-11-22(12-9-14)18(19-3)20-10-13-23-15(2)21-16-6-4-5-7-17(16)23;/h4-7,14H,8-13H2,1-3H3,(H,19,20);1H. The third-order valence-electron chi connectivity index (χ3n) is 4.76. The average Bonchev–Trinajstić information content (AvgIpc) is 2.88. The van der Waals surface area contributed by atoms with Crippen molar-refractivity contribution in [3.05, 3.63) is 30.1 Å². The first-order valence-electron chi connectivity index (χ1n) is 8.56. The molecule has 2 aromatic rings. The Labute approximate surface area is 161 Å². The van der Waals surface area contributed by atoms with Gasteiger partial charge in [-0.1, -0.05) is 19.1 Å². The second kappa shape index (κ2) is 8.69. The van der Waals surface area contributed by atoms with Gasteiger partial charge in [0.25, 0.3) is 0 Å². The number of para-hydroxylation sites is 2. The molecule has 0 aliphatic carbocycles. The number of likely N-dealkylation sites (tertiary alicyclic amines) is 1. The second-order valence-electron chi connectivity index (χ2n) is 6.44. The minimum Gasteiger partial charge on any atom is -0.354 e. The van der Waals surface area contributed by atoms with Crippen molar-refractivity contribution in [2.24, 2.45) is 10.9 Å². The number of fused-ring (bicyclic) bond motifs is 1. The van der Waals surface area contributed by atoms with Crippen LogP contribution in [0.5, 0.6) is 0 Å². The first-order valence-corrected chi connectivity index (χ1v) is 8.56. The number of piperidine rings is 1. The van der Waals surface area contributed by atoms with Gasteiger partial charge in [-0.25, -0.2) is 4.98 Å². The van der Waals surface area contributed by atoms with E-state index in [4.69, 9.17) is 0 Å². The van der Waals surface area contributed by atoms with Crippen LogP contribution in [0.3, 0.4) is 0 Å². The predicted molar refractivity (Wildman–Crippen MR) is 111 cm³/mol. The number of hydrogen-bond donors (Lipinski definition) is 1. The maximum Gasteiger partial charge on any atom is 0.193 e. The Balaban J connectivity index is 0.00000208. The van der Waals surface area contributed by atoms with E-state index < -0.39 is 0 Å². The van der Waals surface area contributed by atoms with E-state index in [-0.39, 0.29) is 24.0 Å². The van der Waals surface area contributed by atoms with Gasteiger partial charge < -0.3 is 14.8 Å². The molecule has 1 aliphatic rings. The molecule has 3 rings (SSSR count). The SMILES string of the molecule is CN=C(NCCn1c(C)nc2ccccc21)N1CCC(C)CC1.I. The quantitative estimate of drug-likeness (QED) is 0.452. The van der Waals surface area contributed by atoms with Crippen molar-refractivity contribution < 1.29 is 0 Å². The van der Waals surface area contributed by atoms with Gasteiger partial charge in [0.05, 0.1) is 11.0 Å². The van der Waals surface area contributed by atoms with E-state index in [1.807, 2.05) is 13.1 Å². The molecule has 0 spiro atoms. The smallest absolute Gasteiger partial charge is 0.193 e. The van der Waals surface area contributed by atoms with Gasteiger partial charge in [0.15, 0.2) is 5.96 Å². The highest BCUT2D eigenvalue weighted by molar-refractivity contribution is 14.0. The average molecular weight is 441 g/mol. The van der Waals surface area contributed by atoms with Crippen molar-refractivity contribution in [1.82, 2.24) is 19.8 Å². The van der Waals surface area contributed by atoms with Gasteiger partial charge in [0.1, 0.15) is 5.82 Å². The molecule has 132 valence electrons. The fourth-order valence-electron chi connectivity index (χ4n) is 3.31. The van der Waals surface area contributed by atoms with Crippen molar-refractivity contribution >= 4 is 41.0 Å². The highest BCUT2D eigenvalue weighted by Gasteiger charge is 2.18. The Bertz CT molecular complexity index is 686. The zero-order valence-electron chi connectivity index (χ0n) is 14.8. The minimum absolute atomic E-state index is 0. The Morgan fingerprint density at radius 3 is 2.71 bits per heavy atom. The summed E-state index contributed by atoms with van der Waals surface area (Å²) in [4.78, 5) is 11.4. The molecule has 1 aromatic heterocycles. The van der Waals surface area contributed by atoms with Crippen LogP contribution in [0.25, 0.3) is 11.0 Å². The lowest BCUT2D eigenvalue weighted by molar-refractivity contribution is 0.273. The zero-order chi connectivity index (χ0) is 16.2. The van der Waals surface area contributed by atoms with E-state index in [0.29, 0.717) is 0 Å². The van der Waals surface area contributed by atoms with E-state index in [1.54, 1.807) is 0 Å². The van der Waals surface area contributed by atoms with Crippen LogP contribution >= 0.6 is 24.0 Å². The van der Waals surface area contributed by atoms with Crippen molar-refractivity contribution in [3.63, 3.8) is 0 Å². The lowest BCUT2D eigenvalue weighted by Crippen LogP contribution is -2.46. The summed E-state index contributed by atoms with van der Waals surface area (Å²) in [7, 11) is 1.87. The predicted octanol–water partition coefficient (Wildman–Crippen LogP) is 3.27. The molecule has 1 fully saturated rings. The normalized spacial score (nSPS) is 16.3. The monoisotopic (exact) mass is 441 g/mol. The summed E-state index contributed by atoms with van der Waals surface area (Å²) in [6.07, 6.45) is 2.51. The molecular weight excluding hydrogens is 413 g/mol. The van der Waals surface area contributed by atoms with Gasteiger partial charge in [0.2, 0.25) is 0 Å². The molecule has 0 saturated carbocycles. The van der Waals surface area contributed by atoms with Crippen molar-refractivity contribution in [3.8, 4) is 0 Å². The number of guanidine groups is 1. The molecular formula is C18H28IN5. The van der Waals surface area contributed by atoms with E-state index >= 15 is 0 Å². The molecule has 5 nitrogen and oxygen atoms in total. The number of nitrogens with one attached hydrogen (secondary N) is 1. The summed E-state index contributed by atoms with van der Waals surface area (Å²) in [5.74, 6) is 2.93. The van der Waals surface area contributed by atoms with Crippen LogP contribution in [0.4, 0.5) is 0 Å². The van der Waals surface area contributed by atoms with Crippen LogP contribution in [0.2, 0.25) is 0 Å². The molecule has 1 aliphatic heterocycles. The maximum absolute atomic E-state index is 4.62. The van der Waals surface area contributed by atoms with E-state index in [0.717, 1.165) is 49.4 Å². The van der Waals surface area contributed by atoms with Gasteiger partial charge in [0, 0.05) is 33.2 Å². The van der Waals surface area contributed by atoms with Gasteiger partial charge in [-0.15, -0.1) is 24.0 Å². The van der Waals surface area contributed by atoms with E-state index in [1.165, 1.54) is 18.4 Å². The molecule has 1 aromatic carbocycles. The summed E-state index contributed by atoms with van der Waals surface area (Å²) in [6, 6.07) is 8.31. The van der Waals surface area contributed by atoms with Gasteiger partial charge in [-0.2, -0.15) is 0 Å². The van der Waals surface area contributed by atoms with E-state index in [9.17, 15) is 0 Å². The molecule has 0 atom stereocenters. The molecule has 0 radical (unpaired) electrons. The Morgan fingerprint density at radius 1 is 1.29 bits per heavy atom. The molecule has 24 heavy (non-hydrogen) atoms. The molecule has 0 unspecified atom stereocenters. The molecule has 0 amide bonds. The maximum atomic E-state index is 4.62. The van der Waals surface area contributed by atoms with Gasteiger partial charge in [-0.05, 0) is 37.8 Å². The second-order valence-corrected chi connectivity index (χ2v) is 6.44. The van der Waals surface area contributed by atoms with Crippen LogP contribution in [-0.2, 0) is 6.54 Å². The van der Waals surface area contributed by atoms with E-state index in [2.05, 4.69) is 56.8 Å². The first-order chi connectivity index (χ1) is 11.2. The van der Waals surface area contributed by atoms with Crippen molar-refractivity contribution in [2.75, 3.05) is 26.7 Å². The summed E-state index contributed by atoms with van der Waals surface area (Å²) in [5.41, 5.74) is 2.27. The van der Waals surface area contributed by atoms with Crippen LogP contribution in [-0.4, -0.2) is 47.1 Å². The minimum atomic E-state index is 0. The summed E-state index contributed by atoms with van der Waals surface area (Å²) in [6.45, 7) is 8.37.